The summed E-state index contributed by atoms with van der Waals surface area (Å²) in [6.07, 6.45) is -4.41. The van der Waals surface area contributed by atoms with Crippen LogP contribution in [0.2, 0.25) is 0 Å². The average molecular weight is 494 g/mol. The fraction of sp³-hybridized carbons (Fsp3) is 0.111. The van der Waals surface area contributed by atoms with Gasteiger partial charge in [0.05, 0.1) is 5.56 Å². The molecule has 0 N–H and O–H groups in total. The number of aromatic nitrogens is 1. The van der Waals surface area contributed by atoms with Gasteiger partial charge in [-0.3, -0.25) is 14.2 Å². The van der Waals surface area contributed by atoms with Gasteiger partial charge < -0.3 is 4.42 Å². The van der Waals surface area contributed by atoms with Crippen molar-refractivity contribution < 1.29 is 17.6 Å². The van der Waals surface area contributed by atoms with Gasteiger partial charge in [-0.1, -0.05) is 24.3 Å². The number of halogens is 4. The average Bonchev–Trinajstić information content (AvgIpc) is 2.85. The van der Waals surface area contributed by atoms with Gasteiger partial charge in [-0.2, -0.15) is 13.2 Å². The third-order valence-corrected chi connectivity index (χ3v) is 6.59. The number of fused-ring (bicyclic) bond motifs is 2. The van der Waals surface area contributed by atoms with Gasteiger partial charge in [-0.15, -0.1) is 11.6 Å². The molecule has 0 fully saturated rings. The van der Waals surface area contributed by atoms with Gasteiger partial charge >= 0.3 is 6.18 Å². The van der Waals surface area contributed by atoms with Gasteiger partial charge in [0.1, 0.15) is 11.2 Å². The van der Waals surface area contributed by atoms with Gasteiger partial charge in [-0.25, -0.2) is 0 Å². The molecule has 2 heterocycles. The molecule has 6 rings (SSSR count). The molecule has 174 valence electrons. The summed E-state index contributed by atoms with van der Waals surface area (Å²) in [6, 6.07) is 17.2. The summed E-state index contributed by atoms with van der Waals surface area (Å²) < 4.78 is 46.2. The van der Waals surface area contributed by atoms with Crippen molar-refractivity contribution in [1.82, 2.24) is 4.57 Å². The second kappa shape index (κ2) is 7.58. The number of benzene rings is 4. The molecule has 0 atom stereocenters. The highest BCUT2D eigenvalue weighted by atomic mass is 35.5. The van der Waals surface area contributed by atoms with Gasteiger partial charge in [0.2, 0.25) is 0 Å². The first-order valence-corrected chi connectivity index (χ1v) is 11.3. The molecule has 0 saturated heterocycles. The van der Waals surface area contributed by atoms with E-state index in [1.807, 2.05) is 12.1 Å². The highest BCUT2D eigenvalue weighted by molar-refractivity contribution is 6.26. The lowest BCUT2D eigenvalue weighted by Crippen LogP contribution is -2.33. The number of rotatable bonds is 3. The van der Waals surface area contributed by atoms with E-state index in [1.165, 1.54) is 12.1 Å². The summed E-state index contributed by atoms with van der Waals surface area (Å²) in [5.41, 5.74) is 0.914. The van der Waals surface area contributed by atoms with Crippen molar-refractivity contribution in [2.75, 3.05) is 5.88 Å². The van der Waals surface area contributed by atoms with E-state index in [2.05, 4.69) is 0 Å². The first-order chi connectivity index (χ1) is 16.8. The Balaban J connectivity index is 1.65. The van der Waals surface area contributed by atoms with Crippen molar-refractivity contribution in [3.8, 4) is 11.1 Å². The summed E-state index contributed by atoms with van der Waals surface area (Å²) >= 11 is 5.81. The number of alkyl halides is 4. The zero-order valence-corrected chi connectivity index (χ0v) is 18.7. The van der Waals surface area contributed by atoms with Crippen LogP contribution in [0.25, 0.3) is 54.6 Å². The molecular weight excluding hydrogens is 479 g/mol. The summed E-state index contributed by atoms with van der Waals surface area (Å²) in [6.45, 7) is 0.111. The highest BCUT2D eigenvalue weighted by Gasteiger charge is 2.30. The molecule has 35 heavy (non-hydrogen) atoms. The Labute approximate surface area is 200 Å². The Morgan fingerprint density at radius 2 is 1.31 bits per heavy atom. The quantitative estimate of drug-likeness (QED) is 0.155. The molecule has 0 unspecified atom stereocenters. The fourth-order valence-corrected chi connectivity index (χ4v) is 4.95. The van der Waals surface area contributed by atoms with Crippen LogP contribution in [0.4, 0.5) is 13.2 Å². The largest absolute Gasteiger partial charge is 0.456 e. The zero-order chi connectivity index (χ0) is 24.5. The highest BCUT2D eigenvalue weighted by Crippen LogP contribution is 2.38. The summed E-state index contributed by atoms with van der Waals surface area (Å²) in [4.78, 5) is 26.1. The maximum atomic E-state index is 13.0. The van der Waals surface area contributed by atoms with E-state index in [4.69, 9.17) is 16.0 Å². The van der Waals surface area contributed by atoms with E-state index in [9.17, 15) is 22.8 Å². The molecule has 0 aliphatic rings. The van der Waals surface area contributed by atoms with Crippen LogP contribution in [0.3, 0.4) is 0 Å². The van der Waals surface area contributed by atoms with Crippen LogP contribution in [-0.2, 0) is 12.7 Å². The normalized spacial score (nSPS) is 12.5. The second-order valence-corrected chi connectivity index (χ2v) is 8.74. The lowest BCUT2D eigenvalue weighted by atomic mass is 9.95. The standard InChI is InChI=1S/C27H15ClF3NO3/c28-11-12-32-25(33)18-7-6-17-20-13-15(14-1-4-16(5-2-14)27(29,30)31)3-9-21(20)35-22-10-8-19(26(32)34)23(18)24(17)22/h1-10,13H,11-12H2. The second-order valence-electron chi connectivity index (χ2n) is 8.36. The van der Waals surface area contributed by atoms with Crippen molar-refractivity contribution in [1.29, 1.82) is 0 Å². The summed E-state index contributed by atoms with van der Waals surface area (Å²) in [7, 11) is 0. The molecule has 0 amide bonds. The van der Waals surface area contributed by atoms with Crippen LogP contribution in [0.5, 0.6) is 0 Å². The predicted octanol–water partition coefficient (Wildman–Crippen LogP) is 6.78. The molecule has 6 aromatic rings. The Morgan fingerprint density at radius 3 is 1.97 bits per heavy atom. The van der Waals surface area contributed by atoms with E-state index < -0.39 is 22.9 Å². The lowest BCUT2D eigenvalue weighted by molar-refractivity contribution is -0.137. The van der Waals surface area contributed by atoms with Crippen molar-refractivity contribution in [3.63, 3.8) is 0 Å². The molecule has 4 nitrogen and oxygen atoms in total. The zero-order valence-electron chi connectivity index (χ0n) is 17.9. The number of pyridine rings is 1. The van der Waals surface area contributed by atoms with Gasteiger partial charge in [0.25, 0.3) is 11.1 Å². The summed E-state index contributed by atoms with van der Waals surface area (Å²) in [5, 5.41) is 3.49. The third-order valence-electron chi connectivity index (χ3n) is 6.42. The van der Waals surface area contributed by atoms with E-state index in [-0.39, 0.29) is 12.4 Å². The van der Waals surface area contributed by atoms with Gasteiger partial charge in [0.15, 0.2) is 0 Å². The SMILES string of the molecule is O=c1c2ccc3oc4ccc(-c5ccc(C(F)(F)F)cc5)cc4c4ccc(c(=O)n1CCCl)c2c34. The van der Waals surface area contributed by atoms with Crippen molar-refractivity contribution in [2.24, 2.45) is 0 Å². The number of nitrogens with zero attached hydrogens (tertiary/aromatic N) is 1. The Bertz CT molecular complexity index is 1850. The third kappa shape index (κ3) is 3.22. The molecule has 0 saturated carbocycles. The maximum absolute atomic E-state index is 13.0. The minimum atomic E-state index is -4.41. The molecule has 0 spiro atoms. The number of hydrogen-bond acceptors (Lipinski definition) is 3. The smallest absolute Gasteiger partial charge is 0.416 e. The van der Waals surface area contributed by atoms with Crippen LogP contribution < -0.4 is 11.1 Å². The van der Waals surface area contributed by atoms with Crippen LogP contribution in [-0.4, -0.2) is 10.4 Å². The van der Waals surface area contributed by atoms with Crippen molar-refractivity contribution in [3.05, 3.63) is 93.0 Å². The van der Waals surface area contributed by atoms with Gasteiger partial charge in [-0.05, 0) is 59.0 Å². The molecule has 8 heteroatoms. The molecule has 0 aliphatic carbocycles. The Morgan fingerprint density at radius 1 is 0.714 bits per heavy atom. The lowest BCUT2D eigenvalue weighted by Gasteiger charge is -2.14. The van der Waals surface area contributed by atoms with Crippen LogP contribution in [0.1, 0.15) is 5.56 Å². The minimum Gasteiger partial charge on any atom is -0.456 e. The molecule has 0 radical (unpaired) electrons. The van der Waals surface area contributed by atoms with E-state index in [1.54, 1.807) is 30.3 Å². The van der Waals surface area contributed by atoms with E-state index >= 15 is 0 Å². The first kappa shape index (κ1) is 21.7. The topological polar surface area (TPSA) is 52.2 Å². The van der Waals surface area contributed by atoms with Crippen molar-refractivity contribution >= 4 is 55.1 Å². The van der Waals surface area contributed by atoms with Gasteiger partial charge in [0, 0.05) is 39.4 Å². The van der Waals surface area contributed by atoms with Crippen LogP contribution >= 0.6 is 11.6 Å². The molecule has 2 aromatic heterocycles. The molecular formula is C27H15ClF3NO3. The summed E-state index contributed by atoms with van der Waals surface area (Å²) in [5.74, 6) is 0.134. The number of hydrogen-bond donors (Lipinski definition) is 0. The monoisotopic (exact) mass is 493 g/mol. The Kier molecular flexibility index (Phi) is 4.70. The fourth-order valence-electron chi connectivity index (χ4n) is 4.78. The predicted molar refractivity (Wildman–Crippen MR) is 132 cm³/mol. The first-order valence-electron chi connectivity index (χ1n) is 10.8. The van der Waals surface area contributed by atoms with E-state index in [0.717, 1.165) is 27.5 Å². The molecule has 0 aliphatic heterocycles. The van der Waals surface area contributed by atoms with E-state index in [0.29, 0.717) is 43.8 Å². The van der Waals surface area contributed by atoms with Crippen LogP contribution in [0, 0.1) is 0 Å². The van der Waals surface area contributed by atoms with Crippen LogP contribution in [0.15, 0.2) is 80.7 Å². The molecule has 0 bridgehead atoms. The molecule has 4 aromatic carbocycles. The Hall–Kier alpha value is -3.84. The van der Waals surface area contributed by atoms with Crippen molar-refractivity contribution in [2.45, 2.75) is 12.7 Å². The maximum Gasteiger partial charge on any atom is 0.416 e. The minimum absolute atomic E-state index is 0.111.